The van der Waals surface area contributed by atoms with Crippen molar-refractivity contribution in [2.45, 2.75) is 19.0 Å². The van der Waals surface area contributed by atoms with E-state index in [1.807, 2.05) is 0 Å². The molecule has 1 N–H and O–H groups in total. The van der Waals surface area contributed by atoms with Crippen LogP contribution < -0.4 is 20.3 Å². The zero-order valence-electron chi connectivity index (χ0n) is 12.6. The largest absolute Gasteiger partial charge is 0.586 e. The third-order valence-electron chi connectivity index (χ3n) is 3.31. The lowest BCUT2D eigenvalue weighted by Gasteiger charge is -2.11. The molecule has 0 saturated carbocycles. The van der Waals surface area contributed by atoms with E-state index in [-0.39, 0.29) is 17.2 Å². The number of hydrogen-bond acceptors (Lipinski definition) is 4. The van der Waals surface area contributed by atoms with Gasteiger partial charge in [-0.05, 0) is 18.2 Å². The van der Waals surface area contributed by atoms with Gasteiger partial charge in [-0.3, -0.25) is 9.59 Å². The van der Waals surface area contributed by atoms with Crippen molar-refractivity contribution in [2.24, 2.45) is 0 Å². The number of ether oxygens (including phenoxy) is 2. The third kappa shape index (κ3) is 3.76. The summed E-state index contributed by atoms with van der Waals surface area (Å²) in [6, 6.07) is 4.72. The van der Waals surface area contributed by atoms with Crippen LogP contribution in [0.5, 0.6) is 11.5 Å². The molecular formula is C15H9F5N2O4. The van der Waals surface area contributed by atoms with E-state index in [0.29, 0.717) is 22.9 Å². The van der Waals surface area contributed by atoms with E-state index < -0.39 is 36.0 Å². The zero-order chi connectivity index (χ0) is 19.1. The number of hydrogen-bond donors (Lipinski definition) is 1. The van der Waals surface area contributed by atoms with Crippen molar-refractivity contribution >= 4 is 11.6 Å². The summed E-state index contributed by atoms with van der Waals surface area (Å²) in [6.07, 6.45) is -7.98. The van der Waals surface area contributed by atoms with Gasteiger partial charge in [0.05, 0.1) is 5.56 Å². The summed E-state index contributed by atoms with van der Waals surface area (Å²) in [5.74, 6) is -1.39. The molecule has 0 aliphatic carbocycles. The fourth-order valence-electron chi connectivity index (χ4n) is 2.20. The normalized spacial score (nSPS) is 15.0. The van der Waals surface area contributed by atoms with Crippen LogP contribution in [0, 0.1) is 0 Å². The molecule has 0 radical (unpaired) electrons. The van der Waals surface area contributed by atoms with Crippen LogP contribution in [0.4, 0.5) is 27.6 Å². The monoisotopic (exact) mass is 376 g/mol. The highest BCUT2D eigenvalue weighted by Crippen LogP contribution is 2.42. The van der Waals surface area contributed by atoms with Crippen molar-refractivity contribution in [3.8, 4) is 11.5 Å². The predicted molar refractivity (Wildman–Crippen MR) is 77.0 cm³/mol. The average molecular weight is 376 g/mol. The van der Waals surface area contributed by atoms with Gasteiger partial charge in [0.1, 0.15) is 6.54 Å². The Morgan fingerprint density at radius 2 is 1.81 bits per heavy atom. The number of benzene rings is 1. The van der Waals surface area contributed by atoms with Crippen LogP contribution in [0.25, 0.3) is 0 Å². The number of halogens is 5. The smallest absolute Gasteiger partial charge is 0.395 e. The molecule has 0 saturated heterocycles. The Kier molecular flexibility index (Phi) is 4.09. The molecule has 1 aromatic carbocycles. The van der Waals surface area contributed by atoms with E-state index in [1.165, 1.54) is 6.07 Å². The van der Waals surface area contributed by atoms with Gasteiger partial charge in [-0.1, -0.05) is 0 Å². The number of fused-ring (bicyclic) bond motifs is 1. The van der Waals surface area contributed by atoms with Gasteiger partial charge in [0, 0.05) is 24.0 Å². The van der Waals surface area contributed by atoms with E-state index in [0.717, 1.165) is 12.1 Å². The fourth-order valence-corrected chi connectivity index (χ4v) is 2.20. The van der Waals surface area contributed by atoms with Gasteiger partial charge in [0.2, 0.25) is 5.91 Å². The molecule has 0 bridgehead atoms. The van der Waals surface area contributed by atoms with E-state index in [9.17, 15) is 31.5 Å². The van der Waals surface area contributed by atoms with Gasteiger partial charge >= 0.3 is 12.5 Å². The second-order valence-electron chi connectivity index (χ2n) is 5.26. The molecule has 6 nitrogen and oxygen atoms in total. The summed E-state index contributed by atoms with van der Waals surface area (Å²) in [7, 11) is 0. The van der Waals surface area contributed by atoms with E-state index >= 15 is 0 Å². The minimum absolute atomic E-state index is 0.0371. The lowest BCUT2D eigenvalue weighted by Crippen LogP contribution is -2.28. The second-order valence-corrected chi connectivity index (χ2v) is 5.26. The topological polar surface area (TPSA) is 69.6 Å². The SMILES string of the molecule is O=C(Cn1cc(C(F)(F)F)ccc1=O)Nc1ccc2c(c1)OC(F)(F)O2. The summed E-state index contributed by atoms with van der Waals surface area (Å²) in [5, 5.41) is 2.27. The van der Waals surface area contributed by atoms with Crippen molar-refractivity contribution in [3.63, 3.8) is 0 Å². The van der Waals surface area contributed by atoms with E-state index in [4.69, 9.17) is 0 Å². The van der Waals surface area contributed by atoms with Crippen LogP contribution >= 0.6 is 0 Å². The predicted octanol–water partition coefficient (Wildman–Crippen LogP) is 2.83. The van der Waals surface area contributed by atoms with Crippen molar-refractivity contribution in [3.05, 3.63) is 52.4 Å². The van der Waals surface area contributed by atoms with Crippen molar-refractivity contribution in [1.29, 1.82) is 0 Å². The lowest BCUT2D eigenvalue weighted by molar-refractivity contribution is -0.286. The van der Waals surface area contributed by atoms with Gasteiger partial charge in [0.15, 0.2) is 11.5 Å². The highest BCUT2D eigenvalue weighted by Gasteiger charge is 2.43. The molecule has 1 aliphatic rings. The molecule has 1 amide bonds. The quantitative estimate of drug-likeness (QED) is 0.837. The summed E-state index contributed by atoms with van der Waals surface area (Å²) < 4.78 is 72.9. The first-order valence-corrected chi connectivity index (χ1v) is 7.01. The Labute approximate surface area is 141 Å². The number of amides is 1. The number of aromatic nitrogens is 1. The molecule has 1 aromatic heterocycles. The van der Waals surface area contributed by atoms with Gasteiger partial charge in [-0.25, -0.2) is 0 Å². The van der Waals surface area contributed by atoms with Crippen LogP contribution in [0.3, 0.4) is 0 Å². The van der Waals surface area contributed by atoms with Crippen LogP contribution in [-0.4, -0.2) is 16.8 Å². The molecular weight excluding hydrogens is 367 g/mol. The molecule has 0 atom stereocenters. The molecule has 11 heteroatoms. The van der Waals surface area contributed by atoms with Crippen LogP contribution in [-0.2, 0) is 17.5 Å². The first-order valence-electron chi connectivity index (χ1n) is 7.01. The molecule has 26 heavy (non-hydrogen) atoms. The maximum atomic E-state index is 12.9. The maximum absolute atomic E-state index is 12.9. The Hall–Kier alpha value is -3.11. The second kappa shape index (κ2) is 6.00. The Balaban J connectivity index is 1.74. The van der Waals surface area contributed by atoms with Crippen molar-refractivity contribution in [2.75, 3.05) is 5.32 Å². The van der Waals surface area contributed by atoms with E-state index in [2.05, 4.69) is 14.8 Å². The minimum Gasteiger partial charge on any atom is -0.395 e. The molecule has 138 valence electrons. The number of pyridine rings is 1. The number of carbonyl (C=O) groups is 1. The summed E-state index contributed by atoms with van der Waals surface area (Å²) in [6.45, 7) is -0.701. The fraction of sp³-hybridized carbons (Fsp3) is 0.200. The molecule has 3 rings (SSSR count). The first-order chi connectivity index (χ1) is 12.0. The van der Waals surface area contributed by atoms with Crippen LogP contribution in [0.1, 0.15) is 5.56 Å². The minimum atomic E-state index is -4.67. The Morgan fingerprint density at radius 3 is 2.50 bits per heavy atom. The van der Waals surface area contributed by atoms with Crippen molar-refractivity contribution < 1.29 is 36.2 Å². The first kappa shape index (κ1) is 17.7. The standard InChI is InChI=1S/C15H9F5N2O4/c16-14(17,18)8-1-4-13(24)22(6-8)7-12(23)21-9-2-3-10-11(5-9)26-15(19,20)25-10/h1-6H,7H2,(H,21,23). The molecule has 0 fully saturated rings. The number of alkyl halides is 5. The van der Waals surface area contributed by atoms with Gasteiger partial charge < -0.3 is 19.4 Å². The number of nitrogens with one attached hydrogen (secondary N) is 1. The van der Waals surface area contributed by atoms with Crippen LogP contribution in [0.15, 0.2) is 41.3 Å². The molecule has 2 heterocycles. The molecule has 2 aromatic rings. The highest BCUT2D eigenvalue weighted by molar-refractivity contribution is 5.91. The summed E-state index contributed by atoms with van der Waals surface area (Å²) in [5.41, 5.74) is -1.86. The summed E-state index contributed by atoms with van der Waals surface area (Å²) >= 11 is 0. The average Bonchev–Trinajstić information content (AvgIpc) is 2.81. The summed E-state index contributed by atoms with van der Waals surface area (Å²) in [4.78, 5) is 23.6. The molecule has 1 aliphatic heterocycles. The lowest BCUT2D eigenvalue weighted by atomic mass is 10.2. The number of rotatable bonds is 3. The van der Waals surface area contributed by atoms with Crippen LogP contribution in [0.2, 0.25) is 0 Å². The third-order valence-corrected chi connectivity index (χ3v) is 3.31. The highest BCUT2D eigenvalue weighted by atomic mass is 19.4. The maximum Gasteiger partial charge on any atom is 0.586 e. The zero-order valence-corrected chi connectivity index (χ0v) is 12.6. The molecule has 0 unspecified atom stereocenters. The number of anilines is 1. The van der Waals surface area contributed by atoms with Gasteiger partial charge in [-0.2, -0.15) is 13.2 Å². The molecule has 0 spiro atoms. The number of carbonyl (C=O) groups excluding carboxylic acids is 1. The number of nitrogens with zero attached hydrogens (tertiary/aromatic N) is 1. The van der Waals surface area contributed by atoms with Crippen molar-refractivity contribution in [1.82, 2.24) is 4.57 Å². The van der Waals surface area contributed by atoms with Gasteiger partial charge in [0.25, 0.3) is 5.56 Å². The Bertz CT molecular complexity index is 923. The van der Waals surface area contributed by atoms with E-state index in [1.54, 1.807) is 0 Å². The van der Waals surface area contributed by atoms with Gasteiger partial charge in [-0.15, -0.1) is 8.78 Å². The Morgan fingerprint density at radius 1 is 1.12 bits per heavy atom.